The summed E-state index contributed by atoms with van der Waals surface area (Å²) in [5.41, 5.74) is 2.29. The number of carbonyl (C=O) groups is 1. The number of nitrogens with zero attached hydrogens (tertiary/aromatic N) is 2. The maximum absolute atomic E-state index is 12.8. The van der Waals surface area contributed by atoms with Gasteiger partial charge in [0.2, 0.25) is 5.91 Å². The molecule has 0 aliphatic rings. The largest absolute Gasteiger partial charge is 0.351 e. The van der Waals surface area contributed by atoms with Crippen molar-refractivity contribution in [2.45, 2.75) is 19.2 Å². The highest BCUT2D eigenvalue weighted by Crippen LogP contribution is 2.14. The molecule has 0 radical (unpaired) electrons. The molecule has 2 aromatic heterocycles. The second kappa shape index (κ2) is 7.79. The molecule has 0 bridgehead atoms. The third-order valence-electron chi connectivity index (χ3n) is 3.51. The Hall–Kier alpha value is -2.19. The summed E-state index contributed by atoms with van der Waals surface area (Å²) in [5, 5.41) is 4.68. The molecule has 3 rings (SSSR count). The highest BCUT2D eigenvalue weighted by molar-refractivity contribution is 7.99. The van der Waals surface area contributed by atoms with Crippen molar-refractivity contribution in [3.63, 3.8) is 0 Å². The van der Waals surface area contributed by atoms with Gasteiger partial charge in [0.1, 0.15) is 5.82 Å². The highest BCUT2D eigenvalue weighted by atomic mass is 32.2. The summed E-state index contributed by atoms with van der Waals surface area (Å²) < 4.78 is 14.4. The number of hydrogen-bond acceptors (Lipinski definition) is 5. The van der Waals surface area contributed by atoms with Gasteiger partial charge in [0.15, 0.2) is 4.96 Å². The van der Waals surface area contributed by atoms with Gasteiger partial charge in [-0.2, -0.15) is 0 Å². The Balaban J connectivity index is 1.50. The van der Waals surface area contributed by atoms with E-state index in [1.807, 2.05) is 12.3 Å². The fourth-order valence-corrected chi connectivity index (χ4v) is 3.91. The first-order valence-electron chi connectivity index (χ1n) is 7.58. The summed E-state index contributed by atoms with van der Waals surface area (Å²) in [6, 6.07) is 7.51. The number of aromatic nitrogens is 2. The number of rotatable bonds is 6. The Morgan fingerprint density at radius 1 is 1.36 bits per heavy atom. The van der Waals surface area contributed by atoms with E-state index in [0.29, 0.717) is 23.0 Å². The van der Waals surface area contributed by atoms with E-state index < -0.39 is 0 Å². The van der Waals surface area contributed by atoms with Crippen LogP contribution in [0.15, 0.2) is 40.5 Å². The summed E-state index contributed by atoms with van der Waals surface area (Å²) in [6.45, 7) is 2.23. The molecule has 0 saturated carbocycles. The van der Waals surface area contributed by atoms with Crippen LogP contribution in [0.5, 0.6) is 0 Å². The molecule has 1 amide bonds. The molecule has 0 aliphatic carbocycles. The predicted octanol–water partition coefficient (Wildman–Crippen LogP) is 2.75. The zero-order valence-electron chi connectivity index (χ0n) is 13.5. The standard InChI is InChI=1S/C17H16FN3O2S2/c1-11-8-25-17-20-14(6-16(23)21(11)17)9-24-10-15(22)19-7-12-2-4-13(18)5-3-12/h2-6,8H,7,9-10H2,1H3,(H,19,22). The van der Waals surface area contributed by atoms with E-state index >= 15 is 0 Å². The molecule has 0 spiro atoms. The first kappa shape index (κ1) is 17.6. The van der Waals surface area contributed by atoms with Crippen molar-refractivity contribution >= 4 is 34.0 Å². The molecule has 3 aromatic rings. The topological polar surface area (TPSA) is 63.5 Å². The van der Waals surface area contributed by atoms with Crippen molar-refractivity contribution in [2.75, 3.05) is 5.75 Å². The number of nitrogens with one attached hydrogen (secondary N) is 1. The third kappa shape index (κ3) is 4.46. The van der Waals surface area contributed by atoms with E-state index in [-0.39, 0.29) is 23.0 Å². The Morgan fingerprint density at radius 3 is 2.88 bits per heavy atom. The molecule has 1 N–H and O–H groups in total. The number of fused-ring (bicyclic) bond motifs is 1. The molecule has 0 saturated heterocycles. The average molecular weight is 377 g/mol. The number of thiazole rings is 1. The van der Waals surface area contributed by atoms with Crippen LogP contribution in [-0.2, 0) is 17.1 Å². The van der Waals surface area contributed by atoms with Crippen LogP contribution in [0.4, 0.5) is 4.39 Å². The predicted molar refractivity (Wildman–Crippen MR) is 98.5 cm³/mol. The first-order valence-corrected chi connectivity index (χ1v) is 9.62. The van der Waals surface area contributed by atoms with Crippen LogP contribution in [-0.4, -0.2) is 21.0 Å². The molecular weight excluding hydrogens is 361 g/mol. The molecule has 0 unspecified atom stereocenters. The smallest absolute Gasteiger partial charge is 0.258 e. The molecule has 130 valence electrons. The summed E-state index contributed by atoms with van der Waals surface area (Å²) in [5.74, 6) is 0.351. The van der Waals surface area contributed by atoms with Crippen LogP contribution in [0.25, 0.3) is 4.96 Å². The Labute approximate surface area is 151 Å². The lowest BCUT2D eigenvalue weighted by Gasteiger charge is -2.05. The van der Waals surface area contributed by atoms with Gasteiger partial charge in [-0.15, -0.1) is 23.1 Å². The van der Waals surface area contributed by atoms with E-state index in [1.165, 1.54) is 41.3 Å². The van der Waals surface area contributed by atoms with Crippen LogP contribution in [0.2, 0.25) is 0 Å². The van der Waals surface area contributed by atoms with Gasteiger partial charge in [0.25, 0.3) is 5.56 Å². The number of thioether (sulfide) groups is 1. The highest BCUT2D eigenvalue weighted by Gasteiger charge is 2.08. The van der Waals surface area contributed by atoms with Crippen LogP contribution >= 0.6 is 23.1 Å². The van der Waals surface area contributed by atoms with Gasteiger partial charge in [-0.25, -0.2) is 9.37 Å². The number of benzene rings is 1. The quantitative estimate of drug-likeness (QED) is 0.717. The Morgan fingerprint density at radius 2 is 2.12 bits per heavy atom. The third-order valence-corrected chi connectivity index (χ3v) is 5.42. The van der Waals surface area contributed by atoms with Crippen molar-refractivity contribution in [1.82, 2.24) is 14.7 Å². The van der Waals surface area contributed by atoms with Gasteiger partial charge >= 0.3 is 0 Å². The average Bonchev–Trinajstić information content (AvgIpc) is 2.96. The van der Waals surface area contributed by atoms with Gasteiger partial charge < -0.3 is 5.32 Å². The Bertz CT molecular complexity index is 951. The van der Waals surface area contributed by atoms with E-state index in [4.69, 9.17) is 0 Å². The molecule has 0 fully saturated rings. The van der Waals surface area contributed by atoms with Crippen molar-refractivity contribution in [2.24, 2.45) is 0 Å². The zero-order valence-corrected chi connectivity index (χ0v) is 15.1. The van der Waals surface area contributed by atoms with Gasteiger partial charge in [-0.1, -0.05) is 12.1 Å². The number of carbonyl (C=O) groups excluding carboxylic acids is 1. The fourth-order valence-electron chi connectivity index (χ4n) is 2.28. The van der Waals surface area contributed by atoms with E-state index in [1.54, 1.807) is 16.5 Å². The summed E-state index contributed by atoms with van der Waals surface area (Å²) in [6.07, 6.45) is 0. The Kier molecular flexibility index (Phi) is 5.50. The van der Waals surface area contributed by atoms with Gasteiger partial charge in [-0.05, 0) is 24.6 Å². The van der Waals surface area contributed by atoms with Crippen LogP contribution in [0, 0.1) is 12.7 Å². The fraction of sp³-hybridized carbons (Fsp3) is 0.235. The second-order valence-electron chi connectivity index (χ2n) is 5.48. The molecule has 0 aliphatic heterocycles. The molecule has 0 atom stereocenters. The molecule has 8 heteroatoms. The van der Waals surface area contributed by atoms with Gasteiger partial charge in [0.05, 0.1) is 11.4 Å². The van der Waals surface area contributed by atoms with E-state index in [9.17, 15) is 14.0 Å². The monoisotopic (exact) mass is 377 g/mol. The van der Waals surface area contributed by atoms with Gasteiger partial charge in [-0.3, -0.25) is 14.0 Å². The summed E-state index contributed by atoms with van der Waals surface area (Å²) in [4.78, 5) is 29.1. The van der Waals surface area contributed by atoms with Crippen LogP contribution < -0.4 is 10.9 Å². The lowest BCUT2D eigenvalue weighted by atomic mass is 10.2. The molecule has 5 nitrogen and oxygen atoms in total. The maximum Gasteiger partial charge on any atom is 0.258 e. The van der Waals surface area contributed by atoms with Crippen molar-refractivity contribution in [1.29, 1.82) is 0 Å². The van der Waals surface area contributed by atoms with Crippen molar-refractivity contribution < 1.29 is 9.18 Å². The molecule has 25 heavy (non-hydrogen) atoms. The van der Waals surface area contributed by atoms with Crippen molar-refractivity contribution in [3.8, 4) is 0 Å². The molecule has 1 aromatic carbocycles. The molecule has 2 heterocycles. The maximum atomic E-state index is 12.8. The minimum absolute atomic E-state index is 0.0971. The van der Waals surface area contributed by atoms with E-state index in [0.717, 1.165) is 11.3 Å². The SMILES string of the molecule is Cc1csc2nc(CSCC(=O)NCc3ccc(F)cc3)cc(=O)n12. The summed E-state index contributed by atoms with van der Waals surface area (Å²) >= 11 is 2.82. The summed E-state index contributed by atoms with van der Waals surface area (Å²) in [7, 11) is 0. The first-order chi connectivity index (χ1) is 12.0. The second-order valence-corrected chi connectivity index (χ2v) is 7.30. The van der Waals surface area contributed by atoms with Crippen LogP contribution in [0.1, 0.15) is 17.0 Å². The lowest BCUT2D eigenvalue weighted by molar-refractivity contribution is -0.118. The normalized spacial score (nSPS) is 11.0. The van der Waals surface area contributed by atoms with Crippen LogP contribution in [0.3, 0.4) is 0 Å². The molecular formula is C17H16FN3O2S2. The zero-order chi connectivity index (χ0) is 17.8. The number of amides is 1. The van der Waals surface area contributed by atoms with Gasteiger partial charge in [0, 0.05) is 29.4 Å². The lowest BCUT2D eigenvalue weighted by Crippen LogP contribution is -2.24. The van der Waals surface area contributed by atoms with E-state index in [2.05, 4.69) is 10.3 Å². The number of halogens is 1. The van der Waals surface area contributed by atoms with Crippen molar-refractivity contribution in [3.05, 3.63) is 68.8 Å². The number of hydrogen-bond donors (Lipinski definition) is 1. The minimum Gasteiger partial charge on any atom is -0.351 e. The minimum atomic E-state index is -0.299. The number of aryl methyl sites for hydroxylation is 1.